The number of Topliss-reactive ketones (excluding diaryl/α,β-unsaturated/α-hetero) is 1. The molecule has 1 unspecified atom stereocenters. The fraction of sp³-hybridized carbons (Fsp3) is 0.842. The lowest BCUT2D eigenvalue weighted by molar-refractivity contribution is -0.143. The summed E-state index contributed by atoms with van der Waals surface area (Å²) in [6.07, 6.45) is 7.91. The molecule has 3 aliphatic carbocycles. The minimum Gasteiger partial charge on any atom is -0.363 e. The van der Waals surface area contributed by atoms with Crippen LogP contribution in [0.3, 0.4) is 0 Å². The average molecular weight is 699 g/mol. The monoisotopic (exact) mass is 698 g/mol. The van der Waals surface area contributed by atoms with Crippen molar-refractivity contribution in [2.45, 2.75) is 131 Å². The zero-order valence-corrected chi connectivity index (χ0v) is 31.7. The molecule has 50 heavy (non-hydrogen) atoms. The summed E-state index contributed by atoms with van der Waals surface area (Å²) in [5.74, 6) is -2.35. The standard InChI is InChI=1S/C38H62N6O6/c1-35(2,3)26(21-43-16-15-37(7,8)18-27(43)45)41-34(50)42-30(36(4,5)6)33(49)44-20-25-24(11-12-38(25)13-14-38)28(44)32(48)40-19-23(17-22-9-10-22)29(46)31(39)47/h22-26,28,30H,9-21H2,1-8H3,(H2,39,47)(H,40,48)(H2,41,42,50)/t23?,24-,25-,26+,28-,30+/m0/s1. The lowest BCUT2D eigenvalue weighted by Gasteiger charge is -2.41. The zero-order chi connectivity index (χ0) is 37.0. The van der Waals surface area contributed by atoms with E-state index in [2.05, 4.69) is 29.8 Å². The summed E-state index contributed by atoms with van der Waals surface area (Å²) in [7, 11) is 0. The molecule has 2 aliphatic heterocycles. The highest BCUT2D eigenvalue weighted by Gasteiger charge is 2.64. The van der Waals surface area contributed by atoms with Crippen LogP contribution in [0.1, 0.15) is 113 Å². The lowest BCUT2D eigenvalue weighted by Crippen LogP contribution is -2.62. The predicted molar refractivity (Wildman–Crippen MR) is 189 cm³/mol. The van der Waals surface area contributed by atoms with Gasteiger partial charge in [0.15, 0.2) is 0 Å². The second-order valence-electron chi connectivity index (χ2n) is 19.2. The van der Waals surface area contributed by atoms with E-state index in [1.54, 1.807) is 4.90 Å². The summed E-state index contributed by atoms with van der Waals surface area (Å²) >= 11 is 0. The van der Waals surface area contributed by atoms with Gasteiger partial charge < -0.3 is 31.5 Å². The summed E-state index contributed by atoms with van der Waals surface area (Å²) in [6, 6.07) is -2.52. The third-order valence-electron chi connectivity index (χ3n) is 12.5. The molecule has 0 aromatic carbocycles. The minimum absolute atomic E-state index is 0.00668. The molecule has 1 spiro atoms. The number of nitrogens with one attached hydrogen (secondary N) is 3. The molecule has 6 amide bonds. The Morgan fingerprint density at radius 2 is 1.58 bits per heavy atom. The van der Waals surface area contributed by atoms with Crippen LogP contribution in [0.4, 0.5) is 4.79 Å². The molecule has 12 heteroatoms. The molecule has 0 bridgehead atoms. The van der Waals surface area contributed by atoms with Gasteiger partial charge in [0.05, 0.1) is 6.04 Å². The molecule has 5 aliphatic rings. The Labute approximate surface area is 298 Å². The van der Waals surface area contributed by atoms with Crippen molar-refractivity contribution in [2.75, 3.05) is 26.2 Å². The molecular formula is C38H62N6O6. The summed E-state index contributed by atoms with van der Waals surface area (Å²) in [5.41, 5.74) is 4.42. The van der Waals surface area contributed by atoms with Gasteiger partial charge in [0.1, 0.15) is 12.1 Å². The van der Waals surface area contributed by atoms with E-state index in [0.717, 1.165) is 44.9 Å². The zero-order valence-electron chi connectivity index (χ0n) is 31.7. The van der Waals surface area contributed by atoms with Crippen LogP contribution in [-0.2, 0) is 24.0 Å². The first-order valence-corrected chi connectivity index (χ1v) is 18.9. The number of urea groups is 1. The van der Waals surface area contributed by atoms with Crippen LogP contribution in [0.5, 0.6) is 0 Å². The number of piperidine rings is 1. The largest absolute Gasteiger partial charge is 0.363 e. The summed E-state index contributed by atoms with van der Waals surface area (Å²) in [4.78, 5) is 83.4. The Morgan fingerprint density at radius 1 is 0.920 bits per heavy atom. The Kier molecular flexibility index (Phi) is 10.5. The number of likely N-dealkylation sites (tertiary alicyclic amines) is 2. The van der Waals surface area contributed by atoms with E-state index >= 15 is 0 Å². The van der Waals surface area contributed by atoms with Crippen LogP contribution < -0.4 is 21.7 Å². The Balaban J connectivity index is 1.31. The van der Waals surface area contributed by atoms with E-state index in [0.29, 0.717) is 38.4 Å². The second-order valence-corrected chi connectivity index (χ2v) is 19.2. The van der Waals surface area contributed by atoms with Gasteiger partial charge in [0, 0.05) is 38.5 Å². The topological polar surface area (TPSA) is 171 Å². The smallest absolute Gasteiger partial charge is 0.315 e. The van der Waals surface area contributed by atoms with Crippen molar-refractivity contribution >= 4 is 35.4 Å². The van der Waals surface area contributed by atoms with Crippen molar-refractivity contribution in [3.05, 3.63) is 0 Å². The molecule has 5 N–H and O–H groups in total. The number of amides is 6. The van der Waals surface area contributed by atoms with Gasteiger partial charge in [-0.3, -0.25) is 24.0 Å². The van der Waals surface area contributed by atoms with Crippen molar-refractivity contribution in [3.63, 3.8) is 0 Å². The van der Waals surface area contributed by atoms with Gasteiger partial charge in [-0.05, 0) is 77.9 Å². The molecule has 280 valence electrons. The Hall–Kier alpha value is -3.18. The molecule has 6 atom stereocenters. The highest BCUT2D eigenvalue weighted by atomic mass is 16.2. The number of carbonyl (C=O) groups is 6. The van der Waals surface area contributed by atoms with Gasteiger partial charge in [-0.15, -0.1) is 0 Å². The van der Waals surface area contributed by atoms with Crippen molar-refractivity contribution in [3.8, 4) is 0 Å². The maximum absolute atomic E-state index is 14.6. The SMILES string of the molecule is CC1(C)CCN(C[C@@H](NC(=O)N[C@H](C(=O)N2C[C@H]3[C@H](CCC34CC4)[C@H]2C(=O)NCC(CC2CC2)C(=O)C(N)=O)C(C)(C)C)C(C)(C)C)C(=O)C1. The fourth-order valence-electron chi connectivity index (χ4n) is 8.74. The van der Waals surface area contributed by atoms with Crippen molar-refractivity contribution in [1.29, 1.82) is 0 Å². The number of fused-ring (bicyclic) bond motifs is 2. The van der Waals surface area contributed by atoms with E-state index in [4.69, 9.17) is 5.73 Å². The minimum atomic E-state index is -0.994. The summed E-state index contributed by atoms with van der Waals surface area (Å²) < 4.78 is 0. The second kappa shape index (κ2) is 13.7. The van der Waals surface area contributed by atoms with Crippen LogP contribution in [-0.4, -0.2) is 89.5 Å². The highest BCUT2D eigenvalue weighted by Crippen LogP contribution is 2.66. The van der Waals surface area contributed by atoms with E-state index < -0.39 is 41.1 Å². The molecule has 3 saturated carbocycles. The van der Waals surface area contributed by atoms with Crippen LogP contribution in [0.15, 0.2) is 0 Å². The van der Waals surface area contributed by atoms with Gasteiger partial charge in [-0.25, -0.2) is 4.79 Å². The number of hydrogen-bond acceptors (Lipinski definition) is 6. The van der Waals surface area contributed by atoms with Gasteiger partial charge >= 0.3 is 6.03 Å². The van der Waals surface area contributed by atoms with Gasteiger partial charge in [0.2, 0.25) is 23.5 Å². The first-order valence-electron chi connectivity index (χ1n) is 18.9. The van der Waals surface area contributed by atoms with E-state index in [1.165, 1.54) is 0 Å². The first kappa shape index (κ1) is 38.1. The third kappa shape index (κ3) is 8.47. The van der Waals surface area contributed by atoms with Gasteiger partial charge in [0.25, 0.3) is 5.91 Å². The molecule has 0 aromatic rings. The van der Waals surface area contributed by atoms with Crippen LogP contribution >= 0.6 is 0 Å². The molecule has 0 radical (unpaired) electrons. The fourth-order valence-corrected chi connectivity index (χ4v) is 8.74. The van der Waals surface area contributed by atoms with E-state index in [9.17, 15) is 28.8 Å². The quantitative estimate of drug-likeness (QED) is 0.228. The highest BCUT2D eigenvalue weighted by molar-refractivity contribution is 6.36. The molecule has 0 aromatic heterocycles. The van der Waals surface area contributed by atoms with Crippen molar-refractivity contribution in [2.24, 2.45) is 51.1 Å². The summed E-state index contributed by atoms with van der Waals surface area (Å²) in [6.45, 7) is 17.4. The average Bonchev–Trinajstić information content (AvgIpc) is 3.91. The molecule has 5 fully saturated rings. The number of rotatable bonds is 12. The number of primary amides is 1. The molecule has 2 heterocycles. The number of hydrogen-bond donors (Lipinski definition) is 4. The first-order chi connectivity index (χ1) is 23.1. The third-order valence-corrected chi connectivity index (χ3v) is 12.5. The number of ketones is 1. The van der Waals surface area contributed by atoms with Gasteiger partial charge in [-0.1, -0.05) is 68.2 Å². The Bertz CT molecular complexity index is 1370. The van der Waals surface area contributed by atoms with E-state index in [-0.39, 0.29) is 58.4 Å². The maximum Gasteiger partial charge on any atom is 0.315 e. The normalized spacial score (nSPS) is 27.3. The van der Waals surface area contributed by atoms with Crippen LogP contribution in [0.2, 0.25) is 0 Å². The van der Waals surface area contributed by atoms with Crippen LogP contribution in [0, 0.1) is 45.3 Å². The van der Waals surface area contributed by atoms with Crippen molar-refractivity contribution in [1.82, 2.24) is 25.8 Å². The molecule has 2 saturated heterocycles. The predicted octanol–water partition coefficient (Wildman–Crippen LogP) is 3.37. The Morgan fingerprint density at radius 3 is 2.12 bits per heavy atom. The van der Waals surface area contributed by atoms with Gasteiger partial charge in [-0.2, -0.15) is 0 Å². The van der Waals surface area contributed by atoms with E-state index in [1.807, 2.05) is 46.4 Å². The number of nitrogens with zero attached hydrogens (tertiary/aromatic N) is 2. The molecule has 5 rings (SSSR count). The molecule has 12 nitrogen and oxygen atoms in total. The van der Waals surface area contributed by atoms with Crippen molar-refractivity contribution < 1.29 is 28.8 Å². The van der Waals surface area contributed by atoms with Crippen LogP contribution in [0.25, 0.3) is 0 Å². The molecular weight excluding hydrogens is 636 g/mol. The lowest BCUT2D eigenvalue weighted by atomic mass is 9.81. The maximum atomic E-state index is 14.6. The summed E-state index contributed by atoms with van der Waals surface area (Å²) in [5, 5.41) is 9.05. The number of carbonyl (C=O) groups excluding carboxylic acids is 6. The number of nitrogens with two attached hydrogens (primary N) is 1.